The van der Waals surface area contributed by atoms with E-state index in [9.17, 15) is 4.79 Å². The zero-order valence-corrected chi connectivity index (χ0v) is 16.6. The summed E-state index contributed by atoms with van der Waals surface area (Å²) in [5.41, 5.74) is 2.17. The van der Waals surface area contributed by atoms with Crippen molar-refractivity contribution in [2.24, 2.45) is 0 Å². The summed E-state index contributed by atoms with van der Waals surface area (Å²) in [5.74, 6) is 0.366. The number of nitriles is 1. The van der Waals surface area contributed by atoms with Crippen molar-refractivity contribution in [2.75, 3.05) is 13.6 Å². The summed E-state index contributed by atoms with van der Waals surface area (Å²) in [6, 6.07) is 10.1. The molecule has 0 saturated heterocycles. The molecule has 1 heterocycles. The Balaban J connectivity index is 2.03. The van der Waals surface area contributed by atoms with Crippen molar-refractivity contribution in [3.8, 4) is 17.5 Å². The van der Waals surface area contributed by atoms with Crippen LogP contribution in [0, 0.1) is 11.3 Å². The molecule has 2 rings (SSSR count). The molecule has 0 fully saturated rings. The molecule has 1 aromatic carbocycles. The first-order valence-electron chi connectivity index (χ1n) is 8.45. The maximum atomic E-state index is 12.3. The number of thioether (sulfide) groups is 1. The molecule has 0 aliphatic carbocycles. The van der Waals surface area contributed by atoms with Gasteiger partial charge in [0.2, 0.25) is 11.8 Å². The van der Waals surface area contributed by atoms with E-state index in [2.05, 4.69) is 43.1 Å². The van der Waals surface area contributed by atoms with Crippen molar-refractivity contribution in [3.05, 3.63) is 29.8 Å². The highest BCUT2D eigenvalue weighted by atomic mass is 32.2. The van der Waals surface area contributed by atoms with E-state index in [-0.39, 0.29) is 16.6 Å². The molecule has 0 bridgehead atoms. The van der Waals surface area contributed by atoms with E-state index in [0.717, 1.165) is 5.56 Å². The number of amides is 1. The van der Waals surface area contributed by atoms with Crippen molar-refractivity contribution in [3.63, 3.8) is 0 Å². The highest BCUT2D eigenvalue weighted by Gasteiger charge is 2.22. The Kier molecular flexibility index (Phi) is 6.43. The standard InChI is InChI=1S/C19H24N4O2S/c1-13(17(24)23(5)12-6-11-20)26-18-22-21-16(25-18)14-7-9-15(10-8-14)19(2,3)4/h7-10,13H,6,12H2,1-5H3/t13-/m1/s1. The average molecular weight is 372 g/mol. The minimum atomic E-state index is -0.366. The summed E-state index contributed by atoms with van der Waals surface area (Å²) in [6.45, 7) is 8.69. The summed E-state index contributed by atoms with van der Waals surface area (Å²) in [6.07, 6.45) is 0.314. The number of benzene rings is 1. The van der Waals surface area contributed by atoms with Crippen LogP contribution in [0.1, 0.15) is 39.7 Å². The SMILES string of the molecule is C[C@@H](Sc1nnc(-c2ccc(C(C)(C)C)cc2)o1)C(=O)N(C)CCC#N. The number of hydrogen-bond donors (Lipinski definition) is 0. The van der Waals surface area contributed by atoms with Gasteiger partial charge in [0.05, 0.1) is 17.7 Å². The first-order valence-corrected chi connectivity index (χ1v) is 9.33. The lowest BCUT2D eigenvalue weighted by Crippen LogP contribution is -2.33. The van der Waals surface area contributed by atoms with Crippen LogP contribution in [-0.2, 0) is 10.2 Å². The van der Waals surface area contributed by atoms with Crippen LogP contribution in [0.2, 0.25) is 0 Å². The zero-order valence-electron chi connectivity index (χ0n) is 15.8. The summed E-state index contributed by atoms with van der Waals surface area (Å²) in [7, 11) is 1.69. The summed E-state index contributed by atoms with van der Waals surface area (Å²) < 4.78 is 5.69. The van der Waals surface area contributed by atoms with E-state index in [1.54, 1.807) is 18.9 Å². The third-order valence-corrected chi connectivity index (χ3v) is 4.89. The average Bonchev–Trinajstić information content (AvgIpc) is 3.06. The van der Waals surface area contributed by atoms with Gasteiger partial charge < -0.3 is 9.32 Å². The van der Waals surface area contributed by atoms with Gasteiger partial charge in [-0.25, -0.2) is 0 Å². The smallest absolute Gasteiger partial charge is 0.277 e. The van der Waals surface area contributed by atoms with E-state index in [0.29, 0.717) is 24.1 Å². The van der Waals surface area contributed by atoms with E-state index >= 15 is 0 Å². The maximum absolute atomic E-state index is 12.3. The van der Waals surface area contributed by atoms with Gasteiger partial charge in [-0.15, -0.1) is 10.2 Å². The lowest BCUT2D eigenvalue weighted by atomic mass is 9.87. The lowest BCUT2D eigenvalue weighted by molar-refractivity contribution is -0.128. The molecule has 0 aliphatic rings. The first kappa shape index (κ1) is 20.0. The molecule has 6 nitrogen and oxygen atoms in total. The predicted octanol–water partition coefficient (Wildman–Crippen LogP) is 3.89. The van der Waals surface area contributed by atoms with Gasteiger partial charge in [-0.05, 0) is 30.0 Å². The van der Waals surface area contributed by atoms with Crippen molar-refractivity contribution < 1.29 is 9.21 Å². The Bertz CT molecular complexity index is 787. The molecule has 7 heteroatoms. The minimum absolute atomic E-state index is 0.0699. The van der Waals surface area contributed by atoms with Crippen LogP contribution in [0.25, 0.3) is 11.5 Å². The molecule has 0 N–H and O–H groups in total. The van der Waals surface area contributed by atoms with E-state index in [4.69, 9.17) is 9.68 Å². The Morgan fingerprint density at radius 3 is 2.54 bits per heavy atom. The summed E-state index contributed by atoms with van der Waals surface area (Å²) >= 11 is 1.22. The molecule has 0 unspecified atom stereocenters. The van der Waals surface area contributed by atoms with Crippen molar-refractivity contribution in [1.82, 2.24) is 15.1 Å². The molecule has 26 heavy (non-hydrogen) atoms. The predicted molar refractivity (Wildman–Crippen MR) is 102 cm³/mol. The molecule has 2 aromatic rings. The highest BCUT2D eigenvalue weighted by Crippen LogP contribution is 2.29. The van der Waals surface area contributed by atoms with Gasteiger partial charge in [0.1, 0.15) is 0 Å². The van der Waals surface area contributed by atoms with Crippen LogP contribution in [0.4, 0.5) is 0 Å². The fraction of sp³-hybridized carbons (Fsp3) is 0.474. The minimum Gasteiger partial charge on any atom is -0.411 e. The van der Waals surface area contributed by atoms with Gasteiger partial charge in [0.15, 0.2) is 0 Å². The fourth-order valence-corrected chi connectivity index (χ4v) is 3.12. The Morgan fingerprint density at radius 1 is 1.31 bits per heavy atom. The van der Waals surface area contributed by atoms with Gasteiger partial charge in [-0.1, -0.05) is 44.7 Å². The Labute approximate surface area is 158 Å². The van der Waals surface area contributed by atoms with E-state index in [1.165, 1.54) is 17.3 Å². The number of hydrogen-bond acceptors (Lipinski definition) is 6. The van der Waals surface area contributed by atoms with E-state index in [1.807, 2.05) is 18.2 Å². The molecule has 1 amide bonds. The van der Waals surface area contributed by atoms with Gasteiger partial charge in [-0.3, -0.25) is 4.79 Å². The molecule has 138 valence electrons. The monoisotopic (exact) mass is 372 g/mol. The van der Waals surface area contributed by atoms with Crippen LogP contribution in [0.15, 0.2) is 33.9 Å². The normalized spacial score (nSPS) is 12.5. The van der Waals surface area contributed by atoms with Gasteiger partial charge in [-0.2, -0.15) is 5.26 Å². The Hall–Kier alpha value is -2.33. The van der Waals surface area contributed by atoms with Crippen molar-refractivity contribution >= 4 is 17.7 Å². The number of nitrogens with zero attached hydrogens (tertiary/aromatic N) is 4. The van der Waals surface area contributed by atoms with Crippen molar-refractivity contribution in [2.45, 2.75) is 50.0 Å². The molecule has 0 aliphatic heterocycles. The number of carbonyl (C=O) groups excluding carboxylic acids is 1. The van der Waals surface area contributed by atoms with Crippen LogP contribution >= 0.6 is 11.8 Å². The number of rotatable bonds is 6. The van der Waals surface area contributed by atoms with Crippen LogP contribution in [0.5, 0.6) is 0 Å². The first-order chi connectivity index (χ1) is 12.2. The zero-order chi connectivity index (χ0) is 19.3. The fourth-order valence-electron chi connectivity index (χ4n) is 2.33. The highest BCUT2D eigenvalue weighted by molar-refractivity contribution is 8.00. The quantitative estimate of drug-likeness (QED) is 0.716. The van der Waals surface area contributed by atoms with Crippen molar-refractivity contribution in [1.29, 1.82) is 5.26 Å². The third-order valence-electron chi connectivity index (χ3n) is 3.96. The van der Waals surface area contributed by atoms with Gasteiger partial charge in [0, 0.05) is 19.2 Å². The second-order valence-corrected chi connectivity index (χ2v) is 8.42. The largest absolute Gasteiger partial charge is 0.411 e. The third kappa shape index (κ3) is 5.09. The Morgan fingerprint density at radius 2 is 1.96 bits per heavy atom. The second kappa shape index (κ2) is 8.37. The van der Waals surface area contributed by atoms with Crippen LogP contribution in [-0.4, -0.2) is 39.8 Å². The summed E-state index contributed by atoms with van der Waals surface area (Å²) in [5, 5.41) is 16.7. The molecule has 1 atom stereocenters. The van der Waals surface area contributed by atoms with Gasteiger partial charge >= 0.3 is 0 Å². The molecule has 1 aromatic heterocycles. The van der Waals surface area contributed by atoms with Crippen LogP contribution < -0.4 is 0 Å². The molecular formula is C19H24N4O2S. The summed E-state index contributed by atoms with van der Waals surface area (Å²) in [4.78, 5) is 13.8. The number of aromatic nitrogens is 2. The molecule has 0 radical (unpaired) electrons. The molecular weight excluding hydrogens is 348 g/mol. The second-order valence-electron chi connectivity index (χ2n) is 7.13. The molecule has 0 spiro atoms. The topological polar surface area (TPSA) is 83.0 Å². The van der Waals surface area contributed by atoms with Gasteiger partial charge in [0.25, 0.3) is 5.22 Å². The number of carbonyl (C=O) groups is 1. The van der Waals surface area contributed by atoms with E-state index < -0.39 is 0 Å². The van der Waals surface area contributed by atoms with Crippen LogP contribution in [0.3, 0.4) is 0 Å². The maximum Gasteiger partial charge on any atom is 0.277 e. The molecule has 0 saturated carbocycles. The lowest BCUT2D eigenvalue weighted by Gasteiger charge is -2.19.